The van der Waals surface area contributed by atoms with Crippen LogP contribution in [0.25, 0.3) is 5.57 Å². The molecule has 0 spiro atoms. The van der Waals surface area contributed by atoms with E-state index in [2.05, 4.69) is 0 Å². The summed E-state index contributed by atoms with van der Waals surface area (Å²) in [6, 6.07) is 14.9. The normalized spacial score (nSPS) is 19.5. The summed E-state index contributed by atoms with van der Waals surface area (Å²) in [6.07, 6.45) is 5.32. The molecule has 1 aliphatic heterocycles. The molecular weight excluding hydrogens is 526 g/mol. The third-order valence-electron chi connectivity index (χ3n) is 6.85. The Morgan fingerprint density at radius 2 is 1.50 bits per heavy atom. The van der Waals surface area contributed by atoms with Crippen molar-refractivity contribution in [2.45, 2.75) is 38.5 Å². The maximum Gasteiger partial charge on any atom is 1.00 e. The van der Waals surface area contributed by atoms with Crippen LogP contribution < -0.4 is 56.3 Å². The molecular formula is C26H28KNO6S2. The molecule has 186 valence electrons. The van der Waals surface area contributed by atoms with Gasteiger partial charge in [0.2, 0.25) is 0 Å². The summed E-state index contributed by atoms with van der Waals surface area (Å²) in [4.78, 5) is 1.52. The van der Waals surface area contributed by atoms with Gasteiger partial charge < -0.3 is 9.45 Å². The Morgan fingerprint density at radius 1 is 0.917 bits per heavy atom. The minimum Gasteiger partial charge on any atom is -0.747 e. The molecule has 1 aliphatic carbocycles. The van der Waals surface area contributed by atoms with Gasteiger partial charge in [0, 0.05) is 22.2 Å². The van der Waals surface area contributed by atoms with Crippen LogP contribution >= 0.6 is 0 Å². The first-order valence-electron chi connectivity index (χ1n) is 11.1. The summed E-state index contributed by atoms with van der Waals surface area (Å²) in [5, 5.41) is 0. The summed E-state index contributed by atoms with van der Waals surface area (Å²) in [5.41, 5.74) is 4.12. The van der Waals surface area contributed by atoms with Crippen molar-refractivity contribution in [3.05, 3.63) is 94.7 Å². The van der Waals surface area contributed by atoms with E-state index in [9.17, 15) is 25.9 Å². The Labute approximate surface area is 255 Å². The molecule has 2 aromatic carbocycles. The number of allylic oxidation sites excluding steroid dienone is 5. The SMILES string of the molecule is CC1(C)C(/C=C/C=C2/N(CS(=O)(=O)[O-])c3ccccc3C2(C)C)=C(CS(=O)(=O)O)c2ccccc21.[K+]. The molecule has 0 saturated heterocycles. The fourth-order valence-corrected chi connectivity index (χ4v) is 6.55. The number of hydrogen-bond donors (Lipinski definition) is 1. The minimum atomic E-state index is -4.55. The molecule has 2 aliphatic rings. The zero-order chi connectivity index (χ0) is 25.8. The number of rotatable bonds is 6. The van der Waals surface area contributed by atoms with Crippen molar-refractivity contribution in [3.8, 4) is 0 Å². The predicted molar refractivity (Wildman–Crippen MR) is 137 cm³/mol. The first-order chi connectivity index (χ1) is 16.1. The van der Waals surface area contributed by atoms with Gasteiger partial charge in [-0.05, 0) is 40.0 Å². The third-order valence-corrected chi connectivity index (χ3v) is 8.08. The second kappa shape index (κ2) is 10.2. The zero-order valence-electron chi connectivity index (χ0n) is 21.0. The predicted octanol–water partition coefficient (Wildman–Crippen LogP) is 1.36. The van der Waals surface area contributed by atoms with Crippen LogP contribution in [0.5, 0.6) is 0 Å². The zero-order valence-corrected chi connectivity index (χ0v) is 25.8. The first-order valence-corrected chi connectivity index (χ1v) is 14.3. The van der Waals surface area contributed by atoms with Crippen LogP contribution in [0.15, 0.2) is 78.0 Å². The number of fused-ring (bicyclic) bond motifs is 2. The summed E-state index contributed by atoms with van der Waals surface area (Å²) >= 11 is 0. The number of anilines is 1. The molecule has 36 heavy (non-hydrogen) atoms. The van der Waals surface area contributed by atoms with Crippen LogP contribution in [0.3, 0.4) is 0 Å². The average Bonchev–Trinajstić information content (AvgIpc) is 3.07. The molecule has 1 N–H and O–H groups in total. The van der Waals surface area contributed by atoms with E-state index in [0.29, 0.717) is 17.0 Å². The Kier molecular flexibility index (Phi) is 8.38. The third kappa shape index (κ3) is 5.67. The monoisotopic (exact) mass is 553 g/mol. The largest absolute Gasteiger partial charge is 1.00 e. The fraction of sp³-hybridized carbons (Fsp3) is 0.308. The average molecular weight is 554 g/mol. The van der Waals surface area contributed by atoms with E-state index in [1.54, 1.807) is 30.4 Å². The Hall–Kier alpha value is -1.08. The minimum absolute atomic E-state index is 0. The maximum absolute atomic E-state index is 11.8. The van der Waals surface area contributed by atoms with Crippen LogP contribution in [-0.2, 0) is 31.1 Å². The van der Waals surface area contributed by atoms with Crippen molar-refractivity contribution in [3.63, 3.8) is 0 Å². The van der Waals surface area contributed by atoms with E-state index in [-0.39, 0.29) is 51.4 Å². The summed E-state index contributed by atoms with van der Waals surface area (Å²) < 4.78 is 68.3. The van der Waals surface area contributed by atoms with Crippen molar-refractivity contribution in [2.75, 3.05) is 16.5 Å². The van der Waals surface area contributed by atoms with Gasteiger partial charge in [-0.1, -0.05) is 82.3 Å². The van der Waals surface area contributed by atoms with E-state index >= 15 is 0 Å². The Morgan fingerprint density at radius 3 is 2.11 bits per heavy atom. The Balaban J connectivity index is 0.00000361. The van der Waals surface area contributed by atoms with Gasteiger partial charge >= 0.3 is 51.4 Å². The standard InChI is InChI=1S/C26H29NO6S2.K/c1-25(2)20-11-6-5-10-18(20)19(16-34(28,29)30)21(25)13-9-15-24-26(3,4)22-12-7-8-14-23(22)27(24)17-35(31,32)33;/h5-15H,16-17H2,1-4H3,(H,28,29,30)(H,31,32,33);/q;+1/p-1/b13-9+,24-15+;. The topological polar surface area (TPSA) is 115 Å². The molecule has 0 saturated carbocycles. The molecule has 4 rings (SSSR count). The number of nitrogens with zero attached hydrogens (tertiary/aromatic N) is 1. The molecule has 0 amide bonds. The van der Waals surface area contributed by atoms with E-state index in [1.165, 1.54) is 4.90 Å². The van der Waals surface area contributed by atoms with E-state index in [1.807, 2.05) is 64.1 Å². The maximum atomic E-state index is 11.8. The van der Waals surface area contributed by atoms with Crippen molar-refractivity contribution in [1.29, 1.82) is 0 Å². The fourth-order valence-electron chi connectivity index (χ4n) is 5.28. The first kappa shape index (κ1) is 29.5. The van der Waals surface area contributed by atoms with Crippen molar-refractivity contribution in [2.24, 2.45) is 0 Å². The van der Waals surface area contributed by atoms with Gasteiger partial charge in [-0.15, -0.1) is 0 Å². The van der Waals surface area contributed by atoms with Crippen molar-refractivity contribution in [1.82, 2.24) is 0 Å². The van der Waals surface area contributed by atoms with Crippen LogP contribution in [0.1, 0.15) is 44.4 Å². The molecule has 0 fully saturated rings. The smallest absolute Gasteiger partial charge is 0.747 e. The van der Waals surface area contributed by atoms with Crippen LogP contribution in [0.4, 0.5) is 5.69 Å². The molecule has 0 radical (unpaired) electrons. The van der Waals surface area contributed by atoms with Crippen LogP contribution in [-0.4, -0.2) is 37.6 Å². The van der Waals surface area contributed by atoms with Crippen LogP contribution in [0, 0.1) is 0 Å². The second-order valence-corrected chi connectivity index (χ2v) is 12.8. The molecule has 7 nitrogen and oxygen atoms in total. The molecule has 1 heterocycles. The molecule has 0 aromatic heterocycles. The second-order valence-electron chi connectivity index (χ2n) is 9.96. The van der Waals surface area contributed by atoms with Gasteiger partial charge in [-0.3, -0.25) is 4.55 Å². The number of hydrogen-bond acceptors (Lipinski definition) is 6. The number of para-hydroxylation sites is 1. The molecule has 2 aromatic rings. The van der Waals surface area contributed by atoms with Gasteiger partial charge in [-0.25, -0.2) is 8.42 Å². The number of benzene rings is 2. The Bertz CT molecular complexity index is 1500. The molecule has 10 heteroatoms. The van der Waals surface area contributed by atoms with Crippen molar-refractivity contribution >= 4 is 31.5 Å². The molecule has 0 unspecified atom stereocenters. The van der Waals surface area contributed by atoms with E-state index < -0.39 is 42.7 Å². The molecule has 0 atom stereocenters. The summed E-state index contributed by atoms with van der Waals surface area (Å²) in [5.74, 6) is -1.21. The van der Waals surface area contributed by atoms with Gasteiger partial charge in [0.1, 0.15) is 21.7 Å². The van der Waals surface area contributed by atoms with Gasteiger partial charge in [0.15, 0.2) is 0 Å². The quantitative estimate of drug-likeness (QED) is 0.424. The van der Waals surface area contributed by atoms with E-state index in [0.717, 1.165) is 22.3 Å². The van der Waals surface area contributed by atoms with Crippen LogP contribution in [0.2, 0.25) is 0 Å². The van der Waals surface area contributed by atoms with Gasteiger partial charge in [-0.2, -0.15) is 8.42 Å². The summed E-state index contributed by atoms with van der Waals surface area (Å²) in [7, 11) is -8.83. The van der Waals surface area contributed by atoms with Gasteiger partial charge in [0.25, 0.3) is 10.1 Å². The van der Waals surface area contributed by atoms with Gasteiger partial charge in [0.05, 0.1) is 0 Å². The van der Waals surface area contributed by atoms with Crippen molar-refractivity contribution < 1.29 is 77.3 Å². The molecule has 0 bridgehead atoms. The van der Waals surface area contributed by atoms with E-state index in [4.69, 9.17) is 0 Å². The summed E-state index contributed by atoms with van der Waals surface area (Å²) in [6.45, 7) is 7.89.